The Morgan fingerprint density at radius 1 is 1.47 bits per heavy atom. The first-order chi connectivity index (χ1) is 8.10. The van der Waals surface area contributed by atoms with Crippen LogP contribution in [-0.4, -0.2) is 12.4 Å². The van der Waals surface area contributed by atoms with Gasteiger partial charge in [-0.15, -0.1) is 0 Å². The first-order valence-electron chi connectivity index (χ1n) is 5.78. The van der Waals surface area contributed by atoms with E-state index in [0.29, 0.717) is 23.5 Å². The van der Waals surface area contributed by atoms with Gasteiger partial charge in [-0.05, 0) is 32.4 Å². The zero-order chi connectivity index (χ0) is 12.8. The summed E-state index contributed by atoms with van der Waals surface area (Å²) in [5.74, 6) is 0.600. The summed E-state index contributed by atoms with van der Waals surface area (Å²) < 4.78 is 5.61. The monoisotopic (exact) mass is 231 g/mol. The van der Waals surface area contributed by atoms with Crippen LogP contribution in [-0.2, 0) is 0 Å². The van der Waals surface area contributed by atoms with E-state index < -0.39 is 0 Å². The molecule has 0 aliphatic carbocycles. The number of carbonyl (C=O) groups excluding carboxylic acids is 1. The summed E-state index contributed by atoms with van der Waals surface area (Å²) in [6, 6.07) is 5.36. The molecule has 0 fully saturated rings. The first-order valence-corrected chi connectivity index (χ1v) is 5.78. The lowest BCUT2D eigenvalue weighted by molar-refractivity contribution is 0.101. The molecule has 1 aromatic rings. The number of rotatable bonds is 5. The van der Waals surface area contributed by atoms with Crippen molar-refractivity contribution in [2.24, 2.45) is 0 Å². The second-order valence-electron chi connectivity index (χ2n) is 4.02. The van der Waals surface area contributed by atoms with Crippen molar-refractivity contribution in [1.29, 1.82) is 5.26 Å². The van der Waals surface area contributed by atoms with E-state index in [2.05, 4.69) is 6.92 Å². The van der Waals surface area contributed by atoms with Gasteiger partial charge >= 0.3 is 0 Å². The molecule has 0 atom stereocenters. The number of nitriles is 1. The van der Waals surface area contributed by atoms with Gasteiger partial charge in [0.1, 0.15) is 5.75 Å². The molecule has 90 valence electrons. The van der Waals surface area contributed by atoms with Crippen molar-refractivity contribution in [2.45, 2.75) is 33.6 Å². The summed E-state index contributed by atoms with van der Waals surface area (Å²) in [5, 5.41) is 8.91. The molecule has 0 spiro atoms. The number of ether oxygens (including phenoxy) is 1. The average molecular weight is 231 g/mol. The predicted molar refractivity (Wildman–Crippen MR) is 66.3 cm³/mol. The average Bonchev–Trinajstić information content (AvgIpc) is 2.31. The Kier molecular flexibility index (Phi) is 4.71. The van der Waals surface area contributed by atoms with E-state index in [9.17, 15) is 4.79 Å². The summed E-state index contributed by atoms with van der Waals surface area (Å²) in [7, 11) is 0. The van der Waals surface area contributed by atoms with Gasteiger partial charge in [0.15, 0.2) is 5.78 Å². The molecule has 0 radical (unpaired) electrons. The summed E-state index contributed by atoms with van der Waals surface area (Å²) in [4.78, 5) is 11.5. The molecular weight excluding hydrogens is 214 g/mol. The van der Waals surface area contributed by atoms with E-state index in [1.54, 1.807) is 12.1 Å². The highest BCUT2D eigenvalue weighted by Crippen LogP contribution is 2.24. The van der Waals surface area contributed by atoms with Gasteiger partial charge in [0.2, 0.25) is 0 Å². The second-order valence-corrected chi connectivity index (χ2v) is 4.02. The molecule has 0 saturated carbocycles. The third-order valence-corrected chi connectivity index (χ3v) is 2.62. The summed E-state index contributed by atoms with van der Waals surface area (Å²) >= 11 is 0. The molecule has 0 saturated heterocycles. The minimum Gasteiger partial charge on any atom is -0.493 e. The van der Waals surface area contributed by atoms with E-state index in [0.717, 1.165) is 18.4 Å². The third-order valence-electron chi connectivity index (χ3n) is 2.62. The van der Waals surface area contributed by atoms with Gasteiger partial charge in [-0.25, -0.2) is 0 Å². The number of ketones is 1. The van der Waals surface area contributed by atoms with Gasteiger partial charge in [-0.1, -0.05) is 13.3 Å². The van der Waals surface area contributed by atoms with Gasteiger partial charge in [-0.3, -0.25) is 4.79 Å². The minimum atomic E-state index is -0.0417. The van der Waals surface area contributed by atoms with Crippen molar-refractivity contribution in [3.05, 3.63) is 28.8 Å². The number of hydrogen-bond donors (Lipinski definition) is 0. The van der Waals surface area contributed by atoms with Crippen LogP contribution in [0.2, 0.25) is 0 Å². The Morgan fingerprint density at radius 2 is 2.18 bits per heavy atom. The van der Waals surface area contributed by atoms with Gasteiger partial charge in [-0.2, -0.15) is 5.26 Å². The van der Waals surface area contributed by atoms with Crippen LogP contribution in [0.15, 0.2) is 12.1 Å². The second kappa shape index (κ2) is 6.05. The highest BCUT2D eigenvalue weighted by molar-refractivity contribution is 5.96. The maximum absolute atomic E-state index is 11.5. The molecule has 3 nitrogen and oxygen atoms in total. The summed E-state index contributed by atoms with van der Waals surface area (Å²) in [6.45, 7) is 6.05. The van der Waals surface area contributed by atoms with E-state index in [-0.39, 0.29) is 5.78 Å². The Morgan fingerprint density at radius 3 is 2.71 bits per heavy atom. The van der Waals surface area contributed by atoms with Crippen LogP contribution in [0.1, 0.15) is 48.2 Å². The SMILES string of the molecule is CCCCOc1cc(C#N)cc(C(C)=O)c1C. The van der Waals surface area contributed by atoms with Gasteiger partial charge in [0.05, 0.1) is 18.2 Å². The normalized spacial score (nSPS) is 9.76. The summed E-state index contributed by atoms with van der Waals surface area (Å²) in [5.41, 5.74) is 1.84. The van der Waals surface area contributed by atoms with Crippen molar-refractivity contribution >= 4 is 5.78 Å². The molecule has 3 heteroatoms. The van der Waals surface area contributed by atoms with E-state index in [1.807, 2.05) is 13.0 Å². The maximum atomic E-state index is 11.5. The number of unbranched alkanes of at least 4 members (excludes halogenated alkanes) is 1. The Bertz CT molecular complexity index is 458. The van der Waals surface area contributed by atoms with E-state index in [1.165, 1.54) is 6.92 Å². The Labute approximate surface area is 102 Å². The van der Waals surface area contributed by atoms with E-state index >= 15 is 0 Å². The Hall–Kier alpha value is -1.82. The highest BCUT2D eigenvalue weighted by Gasteiger charge is 2.11. The quantitative estimate of drug-likeness (QED) is 0.577. The lowest BCUT2D eigenvalue weighted by atomic mass is 10.0. The fourth-order valence-corrected chi connectivity index (χ4v) is 1.59. The molecule has 0 aliphatic heterocycles. The van der Waals surface area contributed by atoms with Crippen molar-refractivity contribution in [2.75, 3.05) is 6.61 Å². The molecule has 0 bridgehead atoms. The van der Waals surface area contributed by atoms with Crippen LogP contribution in [0.5, 0.6) is 5.75 Å². The van der Waals surface area contributed by atoms with Crippen molar-refractivity contribution < 1.29 is 9.53 Å². The fraction of sp³-hybridized carbons (Fsp3) is 0.429. The molecule has 0 unspecified atom stereocenters. The number of hydrogen-bond acceptors (Lipinski definition) is 3. The number of nitrogens with zero attached hydrogens (tertiary/aromatic N) is 1. The molecule has 0 aromatic heterocycles. The maximum Gasteiger partial charge on any atom is 0.160 e. The molecule has 0 amide bonds. The van der Waals surface area contributed by atoms with Crippen molar-refractivity contribution in [1.82, 2.24) is 0 Å². The highest BCUT2D eigenvalue weighted by atomic mass is 16.5. The lowest BCUT2D eigenvalue weighted by Gasteiger charge is -2.11. The zero-order valence-electron chi connectivity index (χ0n) is 10.5. The standard InChI is InChI=1S/C14H17NO2/c1-4-5-6-17-14-8-12(9-15)7-13(10(14)2)11(3)16/h7-8H,4-6H2,1-3H3. The Balaban J connectivity index is 3.07. The predicted octanol–water partition coefficient (Wildman–Crippen LogP) is 3.25. The number of Topliss-reactive ketones (excluding diaryl/α,β-unsaturated/α-hetero) is 1. The van der Waals surface area contributed by atoms with Gasteiger partial charge < -0.3 is 4.74 Å². The molecule has 0 heterocycles. The molecule has 0 N–H and O–H groups in total. The van der Waals surface area contributed by atoms with Crippen LogP contribution in [0.3, 0.4) is 0 Å². The molecule has 1 rings (SSSR count). The van der Waals surface area contributed by atoms with Crippen LogP contribution in [0.25, 0.3) is 0 Å². The molecule has 17 heavy (non-hydrogen) atoms. The number of carbonyl (C=O) groups is 1. The molecule has 1 aromatic carbocycles. The molecule has 0 aliphatic rings. The van der Waals surface area contributed by atoms with Gasteiger partial charge in [0, 0.05) is 11.1 Å². The minimum absolute atomic E-state index is 0.0417. The zero-order valence-corrected chi connectivity index (χ0v) is 10.5. The van der Waals surface area contributed by atoms with Crippen LogP contribution in [0.4, 0.5) is 0 Å². The van der Waals surface area contributed by atoms with Crippen LogP contribution < -0.4 is 4.74 Å². The fourth-order valence-electron chi connectivity index (χ4n) is 1.59. The van der Waals surface area contributed by atoms with Crippen LogP contribution in [0, 0.1) is 18.3 Å². The lowest BCUT2D eigenvalue weighted by Crippen LogP contribution is -2.03. The topological polar surface area (TPSA) is 50.1 Å². The third kappa shape index (κ3) is 3.32. The van der Waals surface area contributed by atoms with Crippen molar-refractivity contribution in [3.8, 4) is 11.8 Å². The van der Waals surface area contributed by atoms with Crippen molar-refractivity contribution in [3.63, 3.8) is 0 Å². The largest absolute Gasteiger partial charge is 0.493 e. The van der Waals surface area contributed by atoms with Gasteiger partial charge in [0.25, 0.3) is 0 Å². The summed E-state index contributed by atoms with van der Waals surface area (Å²) in [6.07, 6.45) is 2.02. The molecular formula is C14H17NO2. The van der Waals surface area contributed by atoms with E-state index in [4.69, 9.17) is 10.00 Å². The smallest absolute Gasteiger partial charge is 0.160 e. The van der Waals surface area contributed by atoms with Crippen LogP contribution >= 0.6 is 0 Å². The first kappa shape index (κ1) is 13.2. The number of benzene rings is 1.